The zero-order chi connectivity index (χ0) is 12.4. The summed E-state index contributed by atoms with van der Waals surface area (Å²) in [4.78, 5) is 18.1. The van der Waals surface area contributed by atoms with Crippen LogP contribution in [-0.4, -0.2) is 39.3 Å². The van der Waals surface area contributed by atoms with Crippen LogP contribution in [0.2, 0.25) is 0 Å². The van der Waals surface area contributed by atoms with Gasteiger partial charge in [-0.15, -0.1) is 0 Å². The van der Waals surface area contributed by atoms with E-state index >= 15 is 0 Å². The Kier molecular flexibility index (Phi) is 3.66. The van der Waals surface area contributed by atoms with E-state index in [-0.39, 0.29) is 11.7 Å². The molecule has 0 spiro atoms. The smallest absolute Gasteiger partial charge is 0.257 e. The molecule has 1 fully saturated rings. The van der Waals surface area contributed by atoms with Gasteiger partial charge in [-0.2, -0.15) is 0 Å². The lowest BCUT2D eigenvalue weighted by atomic mass is 9.85. The first-order valence-corrected chi connectivity index (χ1v) is 6.52. The Labute approximate surface area is 109 Å². The normalized spacial score (nSPS) is 22.9. The van der Waals surface area contributed by atoms with Crippen LogP contribution in [0, 0.1) is 5.92 Å². The van der Waals surface area contributed by atoms with Crippen molar-refractivity contribution in [3.05, 3.63) is 24.0 Å². The van der Waals surface area contributed by atoms with Crippen molar-refractivity contribution in [2.24, 2.45) is 5.92 Å². The lowest BCUT2D eigenvalue weighted by Gasteiger charge is -2.34. The number of rotatable bonds is 3. The summed E-state index contributed by atoms with van der Waals surface area (Å²) in [5.74, 6) is 0.358. The van der Waals surface area contributed by atoms with Crippen molar-refractivity contribution < 1.29 is 9.90 Å². The minimum atomic E-state index is -0.150. The number of amides is 1. The molecule has 1 saturated carbocycles. The van der Waals surface area contributed by atoms with Crippen molar-refractivity contribution >= 4 is 21.8 Å². The highest BCUT2D eigenvalue weighted by molar-refractivity contribution is 9.09. The van der Waals surface area contributed by atoms with Crippen LogP contribution in [0.15, 0.2) is 18.5 Å². The van der Waals surface area contributed by atoms with Crippen molar-refractivity contribution in [3.63, 3.8) is 0 Å². The molecule has 0 aromatic carbocycles. The molecule has 0 atom stereocenters. The van der Waals surface area contributed by atoms with Gasteiger partial charge in [0.1, 0.15) is 5.75 Å². The maximum atomic E-state index is 12.0. The molecule has 0 radical (unpaired) electrons. The molecule has 17 heavy (non-hydrogen) atoms. The molecule has 0 unspecified atom stereocenters. The van der Waals surface area contributed by atoms with Crippen molar-refractivity contribution in [1.29, 1.82) is 0 Å². The zero-order valence-corrected chi connectivity index (χ0v) is 11.2. The fourth-order valence-electron chi connectivity index (χ4n) is 2.05. The second-order valence-corrected chi connectivity index (χ2v) is 5.81. The minimum Gasteiger partial charge on any atom is -0.505 e. The number of alkyl halides is 1. The third kappa shape index (κ3) is 2.77. The van der Waals surface area contributed by atoms with Crippen LogP contribution in [0.25, 0.3) is 0 Å². The topological polar surface area (TPSA) is 53.4 Å². The predicted molar refractivity (Wildman–Crippen MR) is 68.3 cm³/mol. The number of pyridine rings is 1. The molecule has 0 saturated heterocycles. The van der Waals surface area contributed by atoms with E-state index in [0.717, 1.165) is 19.4 Å². The standard InChI is InChI=1S/C12H15BrN2O2/c1-15(7-8-4-9(13)5-8)12(17)10-2-3-14-6-11(10)16/h2-3,6,8-9,16H,4-5,7H2,1H3. The lowest BCUT2D eigenvalue weighted by molar-refractivity contribution is 0.0745. The van der Waals surface area contributed by atoms with Crippen molar-refractivity contribution in [2.45, 2.75) is 17.7 Å². The average Bonchev–Trinajstić information content (AvgIpc) is 2.26. The van der Waals surface area contributed by atoms with Gasteiger partial charge in [-0.1, -0.05) is 15.9 Å². The van der Waals surface area contributed by atoms with Crippen LogP contribution >= 0.6 is 15.9 Å². The van der Waals surface area contributed by atoms with Gasteiger partial charge in [0.2, 0.25) is 0 Å². The number of carbonyl (C=O) groups is 1. The molecule has 1 N–H and O–H groups in total. The number of carbonyl (C=O) groups excluding carboxylic acids is 1. The molecular formula is C12H15BrN2O2. The third-order valence-corrected chi connectivity index (χ3v) is 3.84. The second-order valence-electron chi connectivity index (χ2n) is 4.51. The van der Waals surface area contributed by atoms with Crippen LogP contribution in [0.3, 0.4) is 0 Å². The van der Waals surface area contributed by atoms with E-state index in [4.69, 9.17) is 0 Å². The minimum absolute atomic E-state index is 0.0590. The Hall–Kier alpha value is -1.10. The number of aromatic hydroxyl groups is 1. The molecule has 0 bridgehead atoms. The maximum Gasteiger partial charge on any atom is 0.257 e. The number of nitrogens with zero attached hydrogens (tertiary/aromatic N) is 2. The molecule has 1 aromatic rings. The first-order chi connectivity index (χ1) is 8.08. The van der Waals surface area contributed by atoms with E-state index in [9.17, 15) is 9.90 Å². The molecule has 2 rings (SSSR count). The van der Waals surface area contributed by atoms with E-state index < -0.39 is 0 Å². The van der Waals surface area contributed by atoms with Gasteiger partial charge in [0.25, 0.3) is 5.91 Å². The summed E-state index contributed by atoms with van der Waals surface area (Å²) in [6, 6.07) is 1.54. The Morgan fingerprint density at radius 1 is 1.65 bits per heavy atom. The van der Waals surface area contributed by atoms with E-state index in [1.807, 2.05) is 0 Å². The van der Waals surface area contributed by atoms with Crippen LogP contribution in [0.4, 0.5) is 0 Å². The monoisotopic (exact) mass is 298 g/mol. The van der Waals surface area contributed by atoms with Crippen molar-refractivity contribution in [1.82, 2.24) is 9.88 Å². The summed E-state index contributed by atoms with van der Waals surface area (Å²) in [5, 5.41) is 9.56. The Bertz CT molecular complexity index is 419. The number of hydrogen-bond donors (Lipinski definition) is 1. The second kappa shape index (κ2) is 5.04. The Morgan fingerprint density at radius 3 is 2.94 bits per heavy atom. The van der Waals surface area contributed by atoms with Gasteiger partial charge in [0.05, 0.1) is 11.8 Å². The fraction of sp³-hybridized carbons (Fsp3) is 0.500. The molecular weight excluding hydrogens is 284 g/mol. The van der Waals surface area contributed by atoms with E-state index in [0.29, 0.717) is 16.3 Å². The molecule has 1 aliphatic carbocycles. The van der Waals surface area contributed by atoms with Gasteiger partial charge in [-0.25, -0.2) is 0 Å². The number of hydrogen-bond acceptors (Lipinski definition) is 3. The predicted octanol–water partition coefficient (Wildman–Crippen LogP) is 2.03. The molecule has 1 aromatic heterocycles. The molecule has 1 amide bonds. The summed E-state index contributed by atoms with van der Waals surface area (Å²) < 4.78 is 0. The molecule has 1 aliphatic rings. The Balaban J connectivity index is 1.97. The van der Waals surface area contributed by atoms with E-state index in [2.05, 4.69) is 20.9 Å². The van der Waals surface area contributed by atoms with E-state index in [1.54, 1.807) is 18.0 Å². The van der Waals surface area contributed by atoms with Crippen LogP contribution in [0.1, 0.15) is 23.2 Å². The first kappa shape index (κ1) is 12.4. The summed E-state index contributed by atoms with van der Waals surface area (Å²) >= 11 is 3.53. The highest BCUT2D eigenvalue weighted by Gasteiger charge is 2.29. The summed E-state index contributed by atoms with van der Waals surface area (Å²) in [7, 11) is 1.77. The fourth-order valence-corrected chi connectivity index (χ4v) is 3.10. The lowest BCUT2D eigenvalue weighted by Crippen LogP contribution is -2.37. The molecule has 1 heterocycles. The summed E-state index contributed by atoms with van der Waals surface area (Å²) in [6.45, 7) is 0.739. The van der Waals surface area contributed by atoms with Gasteiger partial charge in [0.15, 0.2) is 0 Å². The van der Waals surface area contributed by atoms with Gasteiger partial charge in [-0.3, -0.25) is 9.78 Å². The van der Waals surface area contributed by atoms with Crippen LogP contribution in [-0.2, 0) is 0 Å². The number of halogens is 1. The summed E-state index contributed by atoms with van der Waals surface area (Å²) in [5.41, 5.74) is 0.317. The highest BCUT2D eigenvalue weighted by Crippen LogP contribution is 2.33. The SMILES string of the molecule is CN(CC1CC(Br)C1)C(=O)c1ccncc1O. The van der Waals surface area contributed by atoms with Gasteiger partial charge in [-0.05, 0) is 24.8 Å². The Morgan fingerprint density at radius 2 is 2.35 bits per heavy atom. The highest BCUT2D eigenvalue weighted by atomic mass is 79.9. The quantitative estimate of drug-likeness (QED) is 0.869. The van der Waals surface area contributed by atoms with Gasteiger partial charge < -0.3 is 10.0 Å². The largest absolute Gasteiger partial charge is 0.505 e. The average molecular weight is 299 g/mol. The molecule has 0 aliphatic heterocycles. The van der Waals surface area contributed by atoms with Gasteiger partial charge in [0, 0.05) is 24.6 Å². The van der Waals surface area contributed by atoms with Crippen molar-refractivity contribution in [3.8, 4) is 5.75 Å². The van der Waals surface area contributed by atoms with Crippen LogP contribution in [0.5, 0.6) is 5.75 Å². The molecule has 5 heteroatoms. The van der Waals surface area contributed by atoms with Crippen molar-refractivity contribution in [2.75, 3.05) is 13.6 Å². The molecule has 92 valence electrons. The number of aromatic nitrogens is 1. The van der Waals surface area contributed by atoms with Crippen LogP contribution < -0.4 is 0 Å². The van der Waals surface area contributed by atoms with E-state index in [1.165, 1.54) is 12.4 Å². The third-order valence-electron chi connectivity index (χ3n) is 3.09. The maximum absolute atomic E-state index is 12.0. The van der Waals surface area contributed by atoms with Gasteiger partial charge >= 0.3 is 0 Å². The summed E-state index contributed by atoms with van der Waals surface area (Å²) in [6.07, 6.45) is 5.03. The molecule has 4 nitrogen and oxygen atoms in total. The zero-order valence-electron chi connectivity index (χ0n) is 9.64. The first-order valence-electron chi connectivity index (χ1n) is 5.60.